The van der Waals surface area contributed by atoms with Gasteiger partial charge in [-0.2, -0.15) is 0 Å². The molecule has 6 heteroatoms. The van der Waals surface area contributed by atoms with Gasteiger partial charge < -0.3 is 11.5 Å². The topological polar surface area (TPSA) is 86.2 Å². The highest BCUT2D eigenvalue weighted by Gasteiger charge is 2.40. The fourth-order valence-corrected chi connectivity index (χ4v) is 5.49. The predicted octanol–water partition coefficient (Wildman–Crippen LogP) is 2.46. The van der Waals surface area contributed by atoms with Crippen LogP contribution in [0.25, 0.3) is 0 Å². The molecule has 0 aliphatic carbocycles. The largest absolute Gasteiger partial charge is 0.368 e. The predicted molar refractivity (Wildman–Crippen MR) is 80.2 cm³/mol. The Bertz CT molecular complexity index is 270. The summed E-state index contributed by atoms with van der Waals surface area (Å²) in [6.07, 6.45) is 2.61. The Hall–Kier alpha value is -0.360. The lowest BCUT2D eigenvalue weighted by Gasteiger charge is -2.33. The van der Waals surface area contributed by atoms with Gasteiger partial charge in [0.1, 0.15) is 9.49 Å². The summed E-state index contributed by atoms with van der Waals surface area (Å²) in [6.45, 7) is 7.74. The first kappa shape index (κ1) is 17.6. The van der Waals surface area contributed by atoms with E-state index in [-0.39, 0.29) is 11.8 Å². The summed E-state index contributed by atoms with van der Waals surface area (Å²) in [5.74, 6) is -0.647. The van der Waals surface area contributed by atoms with Crippen LogP contribution in [-0.2, 0) is 9.59 Å². The molecule has 0 radical (unpaired) electrons. The summed E-state index contributed by atoms with van der Waals surface area (Å²) in [5.41, 5.74) is 11.0. The molecule has 0 fully saturated rings. The van der Waals surface area contributed by atoms with Crippen molar-refractivity contribution in [3.8, 4) is 0 Å². The molecule has 0 rings (SSSR count). The van der Waals surface area contributed by atoms with Gasteiger partial charge in [0.2, 0.25) is 11.8 Å². The van der Waals surface area contributed by atoms with Crippen molar-refractivity contribution in [1.82, 2.24) is 0 Å². The van der Waals surface area contributed by atoms with E-state index >= 15 is 0 Å². The van der Waals surface area contributed by atoms with Gasteiger partial charge in [-0.15, -0.1) is 0 Å². The Balaban J connectivity index is 4.99. The number of primary amides is 2. The summed E-state index contributed by atoms with van der Waals surface area (Å²) >= 11 is 0. The number of carbonyl (C=O) groups is 2. The summed E-state index contributed by atoms with van der Waals surface area (Å²) in [7, 11) is 2.81. The molecule has 0 saturated heterocycles. The molecule has 0 saturated carbocycles. The Morgan fingerprint density at radius 3 is 1.11 bits per heavy atom. The zero-order chi connectivity index (χ0) is 14.4. The molecule has 4 nitrogen and oxygen atoms in total. The summed E-state index contributed by atoms with van der Waals surface area (Å²) in [6, 6.07) is 0. The number of hydrogen-bond acceptors (Lipinski definition) is 4. The Labute approximate surface area is 117 Å². The van der Waals surface area contributed by atoms with E-state index in [0.29, 0.717) is 25.7 Å². The molecule has 0 aromatic heterocycles. The molecule has 0 atom stereocenters. The van der Waals surface area contributed by atoms with Crippen molar-refractivity contribution in [2.75, 3.05) is 0 Å². The molecular formula is C12H24N2O2S2. The van der Waals surface area contributed by atoms with Crippen LogP contribution in [0.15, 0.2) is 0 Å². The molecule has 0 aliphatic heterocycles. The molecule has 0 aromatic carbocycles. The maximum atomic E-state index is 11.6. The highest BCUT2D eigenvalue weighted by molar-refractivity contribution is 8.78. The molecule has 0 bridgehead atoms. The van der Waals surface area contributed by atoms with Gasteiger partial charge in [0.05, 0.1) is 0 Å². The zero-order valence-electron chi connectivity index (χ0n) is 11.6. The van der Waals surface area contributed by atoms with Gasteiger partial charge in [0.15, 0.2) is 0 Å². The number of hydrogen-bond donors (Lipinski definition) is 2. The van der Waals surface area contributed by atoms with Crippen LogP contribution in [0.3, 0.4) is 0 Å². The van der Waals surface area contributed by atoms with E-state index in [1.807, 2.05) is 27.7 Å². The average Bonchev–Trinajstić information content (AvgIpc) is 2.35. The van der Waals surface area contributed by atoms with Crippen molar-refractivity contribution in [2.45, 2.75) is 62.9 Å². The first-order chi connectivity index (χ1) is 8.34. The number of carbonyl (C=O) groups excluding carboxylic acids is 2. The van der Waals surface area contributed by atoms with Crippen LogP contribution in [0.2, 0.25) is 0 Å². The van der Waals surface area contributed by atoms with E-state index in [1.54, 1.807) is 0 Å². The van der Waals surface area contributed by atoms with Crippen LogP contribution in [0, 0.1) is 0 Å². The zero-order valence-corrected chi connectivity index (χ0v) is 13.2. The fourth-order valence-electron chi connectivity index (χ4n) is 1.67. The van der Waals surface area contributed by atoms with Crippen molar-refractivity contribution in [3.63, 3.8) is 0 Å². The first-order valence-corrected chi connectivity index (χ1v) is 8.45. The van der Waals surface area contributed by atoms with Crippen molar-refractivity contribution in [1.29, 1.82) is 0 Å². The third kappa shape index (κ3) is 3.57. The lowest BCUT2D eigenvalue weighted by atomic mass is 10.0. The van der Waals surface area contributed by atoms with Gasteiger partial charge in [-0.3, -0.25) is 9.59 Å². The van der Waals surface area contributed by atoms with E-state index in [9.17, 15) is 9.59 Å². The van der Waals surface area contributed by atoms with Crippen LogP contribution in [0.5, 0.6) is 0 Å². The maximum Gasteiger partial charge on any atom is 0.234 e. The number of nitrogens with two attached hydrogens (primary N) is 2. The molecule has 0 unspecified atom stereocenters. The molecule has 0 aliphatic rings. The summed E-state index contributed by atoms with van der Waals surface area (Å²) in [4.78, 5) is 23.2. The standard InChI is InChI=1S/C12H24N2O2S2/c1-5-11(6-2,9(13)15)17-18-12(7-3,8-4)10(14)16/h5-8H2,1-4H3,(H2,13,15)(H2,14,16). The molecule has 18 heavy (non-hydrogen) atoms. The van der Waals surface area contributed by atoms with E-state index < -0.39 is 9.49 Å². The SMILES string of the molecule is CCC(CC)(SSC(CC)(CC)C(N)=O)C(N)=O. The third-order valence-electron chi connectivity index (χ3n) is 3.54. The van der Waals surface area contributed by atoms with Crippen LogP contribution in [-0.4, -0.2) is 21.3 Å². The van der Waals surface area contributed by atoms with Crippen molar-refractivity contribution < 1.29 is 9.59 Å². The fraction of sp³-hybridized carbons (Fsp3) is 0.833. The van der Waals surface area contributed by atoms with Crippen molar-refractivity contribution in [2.24, 2.45) is 11.5 Å². The minimum absolute atomic E-state index is 0.324. The van der Waals surface area contributed by atoms with E-state index in [2.05, 4.69) is 0 Å². The number of rotatable bonds is 9. The second kappa shape index (κ2) is 7.28. The monoisotopic (exact) mass is 292 g/mol. The highest BCUT2D eigenvalue weighted by atomic mass is 33.1. The second-order valence-electron chi connectivity index (χ2n) is 4.30. The van der Waals surface area contributed by atoms with Crippen LogP contribution in [0.1, 0.15) is 53.4 Å². The minimum atomic E-state index is -0.615. The average molecular weight is 292 g/mol. The Kier molecular flexibility index (Phi) is 7.14. The van der Waals surface area contributed by atoms with Crippen LogP contribution < -0.4 is 11.5 Å². The molecule has 106 valence electrons. The molecule has 0 heterocycles. The first-order valence-electron chi connectivity index (χ1n) is 6.30. The molecular weight excluding hydrogens is 268 g/mol. The van der Waals surface area contributed by atoms with Crippen molar-refractivity contribution >= 4 is 33.4 Å². The van der Waals surface area contributed by atoms with Crippen molar-refractivity contribution in [3.05, 3.63) is 0 Å². The number of amides is 2. The third-order valence-corrected chi connectivity index (χ3v) is 7.99. The molecule has 0 spiro atoms. The van der Waals surface area contributed by atoms with Gasteiger partial charge in [0, 0.05) is 0 Å². The van der Waals surface area contributed by atoms with E-state index in [1.165, 1.54) is 21.6 Å². The molecule has 0 aromatic rings. The van der Waals surface area contributed by atoms with E-state index in [0.717, 1.165) is 0 Å². The van der Waals surface area contributed by atoms with Gasteiger partial charge >= 0.3 is 0 Å². The van der Waals surface area contributed by atoms with Crippen LogP contribution in [0.4, 0.5) is 0 Å². The van der Waals surface area contributed by atoms with Gasteiger partial charge in [-0.25, -0.2) is 0 Å². The van der Waals surface area contributed by atoms with E-state index in [4.69, 9.17) is 11.5 Å². The summed E-state index contributed by atoms with van der Waals surface area (Å²) in [5, 5.41) is 0. The Morgan fingerprint density at radius 2 is 1.00 bits per heavy atom. The quantitative estimate of drug-likeness (QED) is 0.639. The lowest BCUT2D eigenvalue weighted by molar-refractivity contribution is -0.121. The van der Waals surface area contributed by atoms with Gasteiger partial charge in [-0.1, -0.05) is 49.3 Å². The smallest absolute Gasteiger partial charge is 0.234 e. The minimum Gasteiger partial charge on any atom is -0.368 e. The molecule has 2 amide bonds. The second-order valence-corrected chi connectivity index (χ2v) is 7.19. The van der Waals surface area contributed by atoms with Gasteiger partial charge in [0.25, 0.3) is 0 Å². The maximum absolute atomic E-state index is 11.6. The van der Waals surface area contributed by atoms with Crippen LogP contribution >= 0.6 is 21.6 Å². The molecule has 4 N–H and O–H groups in total. The Morgan fingerprint density at radius 1 is 0.778 bits per heavy atom. The summed E-state index contributed by atoms with van der Waals surface area (Å²) < 4.78 is -1.23. The normalized spacial score (nSPS) is 12.4. The van der Waals surface area contributed by atoms with Gasteiger partial charge in [-0.05, 0) is 25.7 Å². The highest BCUT2D eigenvalue weighted by Crippen LogP contribution is 2.49. The lowest BCUT2D eigenvalue weighted by Crippen LogP contribution is -2.42.